The predicted molar refractivity (Wildman–Crippen MR) is 117 cm³/mol. The molecule has 0 radical (unpaired) electrons. The van der Waals surface area contributed by atoms with E-state index in [1.807, 2.05) is 32.3 Å². The predicted octanol–water partition coefficient (Wildman–Crippen LogP) is 4.48. The maximum absolute atomic E-state index is 13.2. The molecule has 2 fully saturated rings. The maximum atomic E-state index is 13.2. The van der Waals surface area contributed by atoms with E-state index in [9.17, 15) is 13.2 Å². The van der Waals surface area contributed by atoms with Gasteiger partial charge >= 0.3 is 6.18 Å². The van der Waals surface area contributed by atoms with Gasteiger partial charge in [0, 0.05) is 42.4 Å². The second-order valence-electron chi connectivity index (χ2n) is 9.08. The van der Waals surface area contributed by atoms with E-state index in [0.29, 0.717) is 44.1 Å². The van der Waals surface area contributed by atoms with Crippen LogP contribution in [-0.2, 0) is 11.8 Å². The van der Waals surface area contributed by atoms with Crippen molar-refractivity contribution < 1.29 is 17.9 Å². The Kier molecular flexibility index (Phi) is 5.72. The van der Waals surface area contributed by atoms with Crippen molar-refractivity contribution in [3.05, 3.63) is 41.5 Å². The topological polar surface area (TPSA) is 69.0 Å². The van der Waals surface area contributed by atoms with Crippen molar-refractivity contribution in [3.63, 3.8) is 0 Å². The molecule has 5 rings (SSSR count). The molecule has 0 bridgehead atoms. The summed E-state index contributed by atoms with van der Waals surface area (Å²) in [4.78, 5) is 16.4. The maximum Gasteiger partial charge on any atom is 0.391 e. The van der Waals surface area contributed by atoms with Crippen molar-refractivity contribution in [1.82, 2.24) is 24.7 Å². The standard InChI is InChI=1S/C23H27F3N6O/c1-14-3-8-18-20(15-4-6-17(7-5-15)23(24,25)26)29-22(30-21(18)28-14)32-9-10-33-19(13-32)16-11-27-31(2)12-16/h3,8,11-12,15,17,19H,4-7,9-10,13H2,1-2H3/t15-,17-,19-/m1/s1. The Morgan fingerprint density at radius 2 is 1.85 bits per heavy atom. The summed E-state index contributed by atoms with van der Waals surface area (Å²) >= 11 is 0. The zero-order valence-electron chi connectivity index (χ0n) is 18.7. The summed E-state index contributed by atoms with van der Waals surface area (Å²) in [7, 11) is 1.87. The van der Waals surface area contributed by atoms with Crippen LogP contribution >= 0.6 is 0 Å². The van der Waals surface area contributed by atoms with Crippen molar-refractivity contribution >= 4 is 17.0 Å². The van der Waals surface area contributed by atoms with Gasteiger partial charge in [-0.2, -0.15) is 23.3 Å². The van der Waals surface area contributed by atoms with E-state index in [-0.39, 0.29) is 24.9 Å². The van der Waals surface area contributed by atoms with Gasteiger partial charge in [-0.3, -0.25) is 4.68 Å². The number of pyridine rings is 1. The number of hydrogen-bond acceptors (Lipinski definition) is 6. The van der Waals surface area contributed by atoms with Crippen LogP contribution in [0.5, 0.6) is 0 Å². The van der Waals surface area contributed by atoms with Crippen LogP contribution < -0.4 is 4.90 Å². The van der Waals surface area contributed by atoms with Gasteiger partial charge in [0.05, 0.1) is 31.0 Å². The molecular formula is C23H27F3N6O. The molecule has 2 aliphatic rings. The molecule has 1 atom stereocenters. The molecule has 1 aliphatic heterocycles. The van der Waals surface area contributed by atoms with E-state index in [1.54, 1.807) is 10.9 Å². The van der Waals surface area contributed by atoms with Crippen LogP contribution in [0.15, 0.2) is 24.5 Å². The summed E-state index contributed by atoms with van der Waals surface area (Å²) in [6, 6.07) is 3.85. The highest BCUT2D eigenvalue weighted by Crippen LogP contribution is 2.44. The smallest absolute Gasteiger partial charge is 0.370 e. The summed E-state index contributed by atoms with van der Waals surface area (Å²) in [6.45, 7) is 3.63. The van der Waals surface area contributed by atoms with Gasteiger partial charge in [0.15, 0.2) is 5.65 Å². The monoisotopic (exact) mass is 460 g/mol. The number of morpholine rings is 1. The molecule has 176 valence electrons. The number of aryl methyl sites for hydroxylation is 2. The van der Waals surface area contributed by atoms with E-state index in [2.05, 4.69) is 15.0 Å². The highest BCUT2D eigenvalue weighted by molar-refractivity contribution is 5.79. The van der Waals surface area contributed by atoms with Gasteiger partial charge in [0.25, 0.3) is 0 Å². The lowest BCUT2D eigenvalue weighted by molar-refractivity contribution is -0.182. The molecule has 1 saturated heterocycles. The molecule has 1 aliphatic carbocycles. The van der Waals surface area contributed by atoms with E-state index < -0.39 is 12.1 Å². The van der Waals surface area contributed by atoms with E-state index in [1.165, 1.54) is 0 Å². The first-order valence-corrected chi connectivity index (χ1v) is 11.3. The van der Waals surface area contributed by atoms with Gasteiger partial charge in [-0.1, -0.05) is 0 Å². The third-order valence-electron chi connectivity index (χ3n) is 6.74. The van der Waals surface area contributed by atoms with Crippen molar-refractivity contribution in [3.8, 4) is 0 Å². The molecule has 0 N–H and O–H groups in total. The number of anilines is 1. The lowest BCUT2D eigenvalue weighted by Crippen LogP contribution is -2.39. The van der Waals surface area contributed by atoms with Crippen LogP contribution in [0.25, 0.3) is 11.0 Å². The number of aromatic nitrogens is 5. The number of alkyl halides is 3. The van der Waals surface area contributed by atoms with Crippen LogP contribution in [-0.4, -0.2) is 50.6 Å². The Morgan fingerprint density at radius 3 is 2.55 bits per heavy atom. The molecule has 7 nitrogen and oxygen atoms in total. The molecule has 4 heterocycles. The van der Waals surface area contributed by atoms with Gasteiger partial charge in [-0.05, 0) is 44.7 Å². The Hall–Kier alpha value is -2.75. The second kappa shape index (κ2) is 8.55. The molecular weight excluding hydrogens is 433 g/mol. The van der Waals surface area contributed by atoms with Gasteiger partial charge < -0.3 is 9.64 Å². The quantitative estimate of drug-likeness (QED) is 0.574. The highest BCUT2D eigenvalue weighted by Gasteiger charge is 2.42. The molecule has 10 heteroatoms. The SMILES string of the molecule is Cc1ccc2c(n1)nc(N1CCO[C@@H](c3cnn(C)c3)C1)nc2[C@H]1CC[C@H](C(F)(F)F)CC1. The summed E-state index contributed by atoms with van der Waals surface area (Å²) < 4.78 is 47.3. The van der Waals surface area contributed by atoms with E-state index >= 15 is 0 Å². The van der Waals surface area contributed by atoms with Gasteiger partial charge in [0.2, 0.25) is 5.95 Å². The summed E-state index contributed by atoms with van der Waals surface area (Å²) in [5, 5.41) is 5.07. The number of ether oxygens (including phenoxy) is 1. The number of nitrogens with zero attached hydrogens (tertiary/aromatic N) is 6. The summed E-state index contributed by atoms with van der Waals surface area (Å²) in [5.41, 5.74) is 3.24. The van der Waals surface area contributed by atoms with Crippen LogP contribution in [0.2, 0.25) is 0 Å². The Labute approximate surface area is 190 Å². The molecule has 1 saturated carbocycles. The minimum absolute atomic E-state index is 0.0347. The minimum atomic E-state index is -4.13. The zero-order valence-corrected chi connectivity index (χ0v) is 18.7. The second-order valence-corrected chi connectivity index (χ2v) is 9.08. The molecule has 0 amide bonds. The Morgan fingerprint density at radius 1 is 1.06 bits per heavy atom. The lowest BCUT2D eigenvalue weighted by atomic mass is 9.79. The molecule has 33 heavy (non-hydrogen) atoms. The normalized spacial score (nSPS) is 24.4. The number of fused-ring (bicyclic) bond motifs is 1. The Bertz CT molecular complexity index is 1140. The number of hydrogen-bond donors (Lipinski definition) is 0. The third kappa shape index (κ3) is 4.53. The fourth-order valence-corrected chi connectivity index (χ4v) is 4.90. The molecule has 0 aromatic carbocycles. The highest BCUT2D eigenvalue weighted by atomic mass is 19.4. The van der Waals surface area contributed by atoms with E-state index in [0.717, 1.165) is 22.3 Å². The number of halogens is 3. The van der Waals surface area contributed by atoms with Gasteiger partial charge in [0.1, 0.15) is 6.10 Å². The van der Waals surface area contributed by atoms with E-state index in [4.69, 9.17) is 14.7 Å². The van der Waals surface area contributed by atoms with Crippen molar-refractivity contribution in [2.24, 2.45) is 13.0 Å². The molecule has 0 spiro atoms. The Balaban J connectivity index is 1.46. The molecule has 3 aromatic heterocycles. The zero-order chi connectivity index (χ0) is 23.2. The summed E-state index contributed by atoms with van der Waals surface area (Å²) in [6.07, 6.45) is 0.649. The van der Waals surface area contributed by atoms with Crippen molar-refractivity contribution in [2.45, 2.75) is 50.8 Å². The molecule has 0 unspecified atom stereocenters. The fraction of sp³-hybridized carbons (Fsp3) is 0.565. The fourth-order valence-electron chi connectivity index (χ4n) is 4.90. The third-order valence-corrected chi connectivity index (χ3v) is 6.74. The average molecular weight is 461 g/mol. The van der Waals surface area contributed by atoms with Crippen LogP contribution in [0, 0.1) is 12.8 Å². The van der Waals surface area contributed by atoms with Gasteiger partial charge in [-0.25, -0.2) is 9.97 Å². The van der Waals surface area contributed by atoms with Crippen LogP contribution in [0.4, 0.5) is 19.1 Å². The lowest BCUT2D eigenvalue weighted by Gasteiger charge is -2.34. The molecule has 3 aromatic rings. The minimum Gasteiger partial charge on any atom is -0.370 e. The summed E-state index contributed by atoms with van der Waals surface area (Å²) in [5.74, 6) is -0.695. The first-order chi connectivity index (χ1) is 15.8. The van der Waals surface area contributed by atoms with Gasteiger partial charge in [-0.15, -0.1) is 0 Å². The first-order valence-electron chi connectivity index (χ1n) is 11.3. The average Bonchev–Trinajstić information content (AvgIpc) is 3.24. The van der Waals surface area contributed by atoms with Crippen molar-refractivity contribution in [2.75, 3.05) is 24.6 Å². The largest absolute Gasteiger partial charge is 0.391 e. The van der Waals surface area contributed by atoms with Crippen molar-refractivity contribution in [1.29, 1.82) is 0 Å². The first kappa shape index (κ1) is 22.1. The number of rotatable bonds is 3. The van der Waals surface area contributed by atoms with Crippen LogP contribution in [0.1, 0.15) is 54.7 Å². The van der Waals surface area contributed by atoms with Crippen LogP contribution in [0.3, 0.4) is 0 Å².